The number of aromatic nitrogens is 1. The van der Waals surface area contributed by atoms with Crippen LogP contribution in [-0.2, 0) is 13.1 Å². The highest BCUT2D eigenvalue weighted by molar-refractivity contribution is 7.12. The Labute approximate surface area is 99.5 Å². The predicted molar refractivity (Wildman–Crippen MR) is 65.6 cm³/mol. The summed E-state index contributed by atoms with van der Waals surface area (Å²) >= 11 is 1.85. The molecule has 0 spiro atoms. The summed E-state index contributed by atoms with van der Waals surface area (Å²) in [4.78, 5) is 2.76. The molecule has 2 aromatic heterocycles. The van der Waals surface area contributed by atoms with Crippen molar-refractivity contribution in [3.8, 4) is 0 Å². The first-order chi connectivity index (χ1) is 7.65. The van der Waals surface area contributed by atoms with Crippen LogP contribution < -0.4 is 5.32 Å². The van der Waals surface area contributed by atoms with Crippen molar-refractivity contribution < 1.29 is 4.52 Å². The predicted octanol–water partition coefficient (Wildman–Crippen LogP) is 2.95. The molecular weight excluding hydrogens is 220 g/mol. The van der Waals surface area contributed by atoms with Gasteiger partial charge in [0, 0.05) is 28.9 Å². The molecule has 2 heterocycles. The number of nitrogens with zero attached hydrogens (tertiary/aromatic N) is 1. The van der Waals surface area contributed by atoms with E-state index < -0.39 is 0 Å². The van der Waals surface area contributed by atoms with Crippen LogP contribution in [0.15, 0.2) is 16.7 Å². The van der Waals surface area contributed by atoms with E-state index in [4.69, 9.17) is 4.52 Å². The fourth-order valence-electron chi connectivity index (χ4n) is 1.69. The van der Waals surface area contributed by atoms with E-state index in [0.717, 1.165) is 24.5 Å². The second-order valence-corrected chi connectivity index (χ2v) is 5.43. The second kappa shape index (κ2) is 4.80. The molecule has 0 atom stereocenters. The average Bonchev–Trinajstić information content (AvgIpc) is 2.74. The van der Waals surface area contributed by atoms with Gasteiger partial charge in [-0.2, -0.15) is 0 Å². The molecule has 2 aromatic rings. The molecule has 0 saturated heterocycles. The zero-order valence-electron chi connectivity index (χ0n) is 9.83. The first-order valence-corrected chi connectivity index (χ1v) is 6.15. The SMILES string of the molecule is Cc1cc(CNCc2cc(C)sc2C)no1. The van der Waals surface area contributed by atoms with Gasteiger partial charge in [0.2, 0.25) is 0 Å². The lowest BCUT2D eigenvalue weighted by atomic mass is 10.2. The van der Waals surface area contributed by atoms with Crippen LogP contribution in [0, 0.1) is 20.8 Å². The van der Waals surface area contributed by atoms with Crippen LogP contribution in [0.4, 0.5) is 0 Å². The number of thiophene rings is 1. The maximum Gasteiger partial charge on any atom is 0.133 e. The van der Waals surface area contributed by atoms with E-state index >= 15 is 0 Å². The zero-order valence-corrected chi connectivity index (χ0v) is 10.6. The summed E-state index contributed by atoms with van der Waals surface area (Å²) in [7, 11) is 0. The molecule has 0 bridgehead atoms. The third kappa shape index (κ3) is 2.71. The van der Waals surface area contributed by atoms with Gasteiger partial charge in [-0.3, -0.25) is 0 Å². The quantitative estimate of drug-likeness (QED) is 0.887. The van der Waals surface area contributed by atoms with Crippen LogP contribution in [0.5, 0.6) is 0 Å². The first kappa shape index (κ1) is 11.4. The van der Waals surface area contributed by atoms with Crippen molar-refractivity contribution in [3.05, 3.63) is 38.9 Å². The Kier molecular flexibility index (Phi) is 3.41. The third-order valence-electron chi connectivity index (χ3n) is 2.44. The van der Waals surface area contributed by atoms with E-state index in [1.807, 2.05) is 24.3 Å². The molecule has 0 amide bonds. The van der Waals surface area contributed by atoms with Crippen LogP contribution in [-0.4, -0.2) is 5.16 Å². The molecule has 4 heteroatoms. The Morgan fingerprint density at radius 1 is 1.25 bits per heavy atom. The molecule has 0 radical (unpaired) electrons. The maximum absolute atomic E-state index is 5.01. The number of hydrogen-bond acceptors (Lipinski definition) is 4. The summed E-state index contributed by atoms with van der Waals surface area (Å²) in [5.74, 6) is 0.861. The summed E-state index contributed by atoms with van der Waals surface area (Å²) < 4.78 is 5.01. The Hall–Kier alpha value is -1.13. The monoisotopic (exact) mass is 236 g/mol. The molecule has 0 aliphatic rings. The summed E-state index contributed by atoms with van der Waals surface area (Å²) in [5, 5.41) is 7.31. The van der Waals surface area contributed by atoms with Gasteiger partial charge in [-0.05, 0) is 32.4 Å². The van der Waals surface area contributed by atoms with Crippen molar-refractivity contribution in [1.29, 1.82) is 0 Å². The Morgan fingerprint density at radius 2 is 2.06 bits per heavy atom. The number of aryl methyl sites for hydroxylation is 3. The number of nitrogens with one attached hydrogen (secondary N) is 1. The highest BCUT2D eigenvalue weighted by atomic mass is 32.1. The largest absolute Gasteiger partial charge is 0.361 e. The highest BCUT2D eigenvalue weighted by Crippen LogP contribution is 2.20. The van der Waals surface area contributed by atoms with Crippen molar-refractivity contribution in [2.75, 3.05) is 0 Å². The van der Waals surface area contributed by atoms with E-state index in [1.54, 1.807) is 0 Å². The highest BCUT2D eigenvalue weighted by Gasteiger charge is 2.03. The van der Waals surface area contributed by atoms with Gasteiger partial charge in [-0.25, -0.2) is 0 Å². The van der Waals surface area contributed by atoms with E-state index in [2.05, 4.69) is 30.4 Å². The molecule has 0 aromatic carbocycles. The fourth-order valence-corrected chi connectivity index (χ4v) is 2.63. The topological polar surface area (TPSA) is 38.1 Å². The fraction of sp³-hybridized carbons (Fsp3) is 0.417. The molecule has 86 valence electrons. The van der Waals surface area contributed by atoms with Crippen LogP contribution >= 0.6 is 11.3 Å². The maximum atomic E-state index is 5.01. The second-order valence-electron chi connectivity index (χ2n) is 3.97. The third-order valence-corrected chi connectivity index (χ3v) is 3.45. The van der Waals surface area contributed by atoms with Crippen molar-refractivity contribution in [3.63, 3.8) is 0 Å². The minimum atomic E-state index is 0.756. The van der Waals surface area contributed by atoms with E-state index in [1.165, 1.54) is 15.3 Å². The lowest BCUT2D eigenvalue weighted by Crippen LogP contribution is -2.12. The van der Waals surface area contributed by atoms with E-state index in [0.29, 0.717) is 0 Å². The average molecular weight is 236 g/mol. The standard InChI is InChI=1S/C12H16N2OS/c1-8-4-12(14-15-8)7-13-6-11-5-9(2)16-10(11)3/h4-5,13H,6-7H2,1-3H3. The molecule has 0 aliphatic carbocycles. The van der Waals surface area contributed by atoms with Crippen LogP contribution in [0.3, 0.4) is 0 Å². The Morgan fingerprint density at radius 3 is 2.62 bits per heavy atom. The minimum absolute atomic E-state index is 0.756. The van der Waals surface area contributed by atoms with Crippen molar-refractivity contribution in [2.45, 2.75) is 33.9 Å². The van der Waals surface area contributed by atoms with Crippen LogP contribution in [0.2, 0.25) is 0 Å². The van der Waals surface area contributed by atoms with Crippen molar-refractivity contribution >= 4 is 11.3 Å². The smallest absolute Gasteiger partial charge is 0.133 e. The lowest BCUT2D eigenvalue weighted by molar-refractivity contribution is 0.388. The van der Waals surface area contributed by atoms with Gasteiger partial charge in [0.25, 0.3) is 0 Å². The van der Waals surface area contributed by atoms with Gasteiger partial charge >= 0.3 is 0 Å². The van der Waals surface area contributed by atoms with E-state index in [9.17, 15) is 0 Å². The molecule has 1 N–H and O–H groups in total. The molecule has 2 rings (SSSR count). The molecule has 3 nitrogen and oxygen atoms in total. The molecular formula is C12H16N2OS. The normalized spacial score (nSPS) is 10.9. The summed E-state index contributed by atoms with van der Waals surface area (Å²) in [6, 6.07) is 4.19. The van der Waals surface area contributed by atoms with Crippen molar-refractivity contribution in [1.82, 2.24) is 10.5 Å². The van der Waals surface area contributed by atoms with E-state index in [-0.39, 0.29) is 0 Å². The van der Waals surface area contributed by atoms with Gasteiger partial charge in [0.05, 0.1) is 5.69 Å². The van der Waals surface area contributed by atoms with Gasteiger partial charge in [-0.15, -0.1) is 11.3 Å². The molecule has 16 heavy (non-hydrogen) atoms. The lowest BCUT2D eigenvalue weighted by Gasteiger charge is -2.01. The Balaban J connectivity index is 1.86. The minimum Gasteiger partial charge on any atom is -0.361 e. The van der Waals surface area contributed by atoms with Gasteiger partial charge < -0.3 is 9.84 Å². The zero-order chi connectivity index (χ0) is 11.5. The molecule has 0 aliphatic heterocycles. The molecule has 0 saturated carbocycles. The molecule has 0 fully saturated rings. The van der Waals surface area contributed by atoms with Gasteiger partial charge in [0.15, 0.2) is 0 Å². The summed E-state index contributed by atoms with van der Waals surface area (Å²) in [6.45, 7) is 7.85. The number of rotatable bonds is 4. The van der Waals surface area contributed by atoms with Crippen LogP contribution in [0.25, 0.3) is 0 Å². The van der Waals surface area contributed by atoms with Crippen molar-refractivity contribution in [2.24, 2.45) is 0 Å². The van der Waals surface area contributed by atoms with Gasteiger partial charge in [-0.1, -0.05) is 5.16 Å². The summed E-state index contributed by atoms with van der Waals surface area (Å²) in [5.41, 5.74) is 2.34. The summed E-state index contributed by atoms with van der Waals surface area (Å²) in [6.07, 6.45) is 0. The Bertz CT molecular complexity index is 473. The molecule has 0 unspecified atom stereocenters. The number of hydrogen-bond donors (Lipinski definition) is 1. The van der Waals surface area contributed by atoms with Crippen LogP contribution in [0.1, 0.15) is 26.8 Å². The first-order valence-electron chi connectivity index (χ1n) is 5.34. The van der Waals surface area contributed by atoms with Gasteiger partial charge in [0.1, 0.15) is 5.76 Å².